The van der Waals surface area contributed by atoms with Gasteiger partial charge in [-0.2, -0.15) is 0 Å². The van der Waals surface area contributed by atoms with Crippen LogP contribution in [0.15, 0.2) is 18.2 Å². The Kier molecular flexibility index (Phi) is 4.03. The van der Waals surface area contributed by atoms with Gasteiger partial charge in [0.15, 0.2) is 0 Å². The normalized spacial score (nSPS) is 11.3. The molecule has 0 aliphatic heterocycles. The third-order valence-corrected chi connectivity index (χ3v) is 2.38. The number of ether oxygens (including phenoxy) is 2. The predicted molar refractivity (Wildman–Crippen MR) is 66.3 cm³/mol. The summed E-state index contributed by atoms with van der Waals surface area (Å²) in [7, 11) is 3.36. The van der Waals surface area contributed by atoms with Gasteiger partial charge in [0, 0.05) is 4.32 Å². The minimum absolute atomic E-state index is 0.0621. The van der Waals surface area contributed by atoms with Gasteiger partial charge in [-0.05, 0) is 44.0 Å². The Balaban J connectivity index is 3.01. The average Bonchev–Trinajstić information content (AvgIpc) is 2.15. The zero-order valence-corrected chi connectivity index (χ0v) is 11.2. The number of hydrogen-bond donors (Lipinski definition) is 0. The topological polar surface area (TPSA) is 18.5 Å². The molecule has 0 bridgehead atoms. The van der Waals surface area contributed by atoms with Gasteiger partial charge >= 0.3 is 0 Å². The van der Waals surface area contributed by atoms with Crippen LogP contribution in [0.5, 0.6) is 11.5 Å². The Morgan fingerprint density at radius 3 is 2.33 bits per heavy atom. The van der Waals surface area contributed by atoms with Crippen molar-refractivity contribution in [3.05, 3.63) is 23.8 Å². The molecule has 0 saturated carbocycles. The summed E-state index contributed by atoms with van der Waals surface area (Å²) in [6.45, 7) is 4.26. The molecule has 0 fully saturated rings. The molecule has 1 aromatic rings. The molecular formula is C12H17BrO2. The first-order valence-corrected chi connectivity index (χ1v) is 5.65. The monoisotopic (exact) mass is 272 g/mol. The van der Waals surface area contributed by atoms with Crippen molar-refractivity contribution in [3.8, 4) is 11.5 Å². The summed E-state index contributed by atoms with van der Waals surface area (Å²) in [4.78, 5) is 0. The predicted octanol–water partition coefficient (Wildman–Crippen LogP) is 3.42. The van der Waals surface area contributed by atoms with Crippen LogP contribution >= 0.6 is 15.9 Å². The lowest BCUT2D eigenvalue weighted by Gasteiger charge is -2.18. The van der Waals surface area contributed by atoms with Gasteiger partial charge in [-0.25, -0.2) is 0 Å². The molecule has 1 aromatic carbocycles. The Labute approximate surface area is 99.7 Å². The molecule has 0 atom stereocenters. The Morgan fingerprint density at radius 1 is 1.20 bits per heavy atom. The minimum atomic E-state index is 0.0621. The van der Waals surface area contributed by atoms with Gasteiger partial charge in [0.1, 0.15) is 11.5 Å². The average molecular weight is 273 g/mol. The SMILES string of the molecule is COc1ccc(OC)c(CC(C)(C)Br)c1. The highest BCUT2D eigenvalue weighted by Crippen LogP contribution is 2.30. The zero-order valence-electron chi connectivity index (χ0n) is 9.63. The van der Waals surface area contributed by atoms with E-state index >= 15 is 0 Å². The minimum Gasteiger partial charge on any atom is -0.497 e. The van der Waals surface area contributed by atoms with E-state index in [-0.39, 0.29) is 4.32 Å². The zero-order chi connectivity index (χ0) is 11.5. The molecule has 0 N–H and O–H groups in total. The Bertz CT molecular complexity index is 329. The van der Waals surface area contributed by atoms with Crippen molar-refractivity contribution in [1.82, 2.24) is 0 Å². The molecule has 2 nitrogen and oxygen atoms in total. The fourth-order valence-electron chi connectivity index (χ4n) is 1.47. The number of alkyl halides is 1. The van der Waals surface area contributed by atoms with Crippen LogP contribution < -0.4 is 9.47 Å². The van der Waals surface area contributed by atoms with Crippen molar-refractivity contribution in [2.45, 2.75) is 24.6 Å². The van der Waals surface area contributed by atoms with E-state index in [2.05, 4.69) is 29.8 Å². The highest BCUT2D eigenvalue weighted by atomic mass is 79.9. The van der Waals surface area contributed by atoms with E-state index < -0.39 is 0 Å². The van der Waals surface area contributed by atoms with Crippen molar-refractivity contribution in [2.75, 3.05) is 14.2 Å². The highest BCUT2D eigenvalue weighted by molar-refractivity contribution is 9.10. The first-order valence-electron chi connectivity index (χ1n) is 4.86. The smallest absolute Gasteiger partial charge is 0.122 e. The lowest BCUT2D eigenvalue weighted by Crippen LogP contribution is -2.14. The van der Waals surface area contributed by atoms with Gasteiger partial charge < -0.3 is 9.47 Å². The Hall–Kier alpha value is -0.700. The van der Waals surface area contributed by atoms with Gasteiger partial charge in [-0.1, -0.05) is 15.9 Å². The molecule has 15 heavy (non-hydrogen) atoms. The largest absolute Gasteiger partial charge is 0.497 e. The highest BCUT2D eigenvalue weighted by Gasteiger charge is 2.16. The van der Waals surface area contributed by atoms with Crippen LogP contribution in [0.3, 0.4) is 0 Å². The van der Waals surface area contributed by atoms with Crippen LogP contribution in [0.4, 0.5) is 0 Å². The second-order valence-corrected chi connectivity index (χ2v) is 6.22. The summed E-state index contributed by atoms with van der Waals surface area (Å²) in [5, 5.41) is 0. The van der Waals surface area contributed by atoms with Gasteiger partial charge in [0.05, 0.1) is 14.2 Å². The van der Waals surface area contributed by atoms with Gasteiger partial charge in [0.25, 0.3) is 0 Å². The molecule has 1 rings (SSSR count). The van der Waals surface area contributed by atoms with Gasteiger partial charge in [0.2, 0.25) is 0 Å². The van der Waals surface area contributed by atoms with E-state index in [1.165, 1.54) is 0 Å². The Morgan fingerprint density at radius 2 is 1.87 bits per heavy atom. The van der Waals surface area contributed by atoms with E-state index in [1.807, 2.05) is 18.2 Å². The third kappa shape index (κ3) is 3.74. The van der Waals surface area contributed by atoms with Crippen LogP contribution in [0.1, 0.15) is 19.4 Å². The number of benzene rings is 1. The van der Waals surface area contributed by atoms with Crippen molar-refractivity contribution in [3.63, 3.8) is 0 Å². The van der Waals surface area contributed by atoms with Crippen LogP contribution in [0.25, 0.3) is 0 Å². The maximum atomic E-state index is 5.31. The molecule has 0 heterocycles. The van der Waals surface area contributed by atoms with Crippen LogP contribution in [0, 0.1) is 0 Å². The molecule has 0 aliphatic rings. The maximum absolute atomic E-state index is 5.31. The second kappa shape index (κ2) is 4.88. The van der Waals surface area contributed by atoms with E-state index in [9.17, 15) is 0 Å². The van der Waals surface area contributed by atoms with Crippen LogP contribution in [-0.2, 0) is 6.42 Å². The summed E-state index contributed by atoms with van der Waals surface area (Å²) in [5.41, 5.74) is 1.15. The standard InChI is InChI=1S/C12H17BrO2/c1-12(2,13)8-9-7-10(14-3)5-6-11(9)15-4/h5-7H,8H2,1-4H3. The van der Waals surface area contributed by atoms with Crippen LogP contribution in [0.2, 0.25) is 0 Å². The fraction of sp³-hybridized carbons (Fsp3) is 0.500. The summed E-state index contributed by atoms with van der Waals surface area (Å²) in [6, 6.07) is 5.86. The lowest BCUT2D eigenvalue weighted by atomic mass is 10.0. The van der Waals surface area contributed by atoms with Crippen molar-refractivity contribution in [1.29, 1.82) is 0 Å². The fourth-order valence-corrected chi connectivity index (χ4v) is 1.78. The van der Waals surface area contributed by atoms with E-state index in [0.29, 0.717) is 0 Å². The summed E-state index contributed by atoms with van der Waals surface area (Å²) in [5.74, 6) is 1.77. The molecule has 0 amide bonds. The number of halogens is 1. The molecule has 0 spiro atoms. The first kappa shape index (κ1) is 12.4. The van der Waals surface area contributed by atoms with Crippen molar-refractivity contribution >= 4 is 15.9 Å². The molecule has 3 heteroatoms. The molecule has 84 valence electrons. The quantitative estimate of drug-likeness (QED) is 0.782. The van der Waals surface area contributed by atoms with E-state index in [0.717, 1.165) is 23.5 Å². The van der Waals surface area contributed by atoms with Gasteiger partial charge in [-0.15, -0.1) is 0 Å². The van der Waals surface area contributed by atoms with Crippen molar-refractivity contribution in [2.24, 2.45) is 0 Å². The number of rotatable bonds is 4. The molecule has 0 saturated heterocycles. The van der Waals surface area contributed by atoms with Crippen molar-refractivity contribution < 1.29 is 9.47 Å². The van der Waals surface area contributed by atoms with Crippen LogP contribution in [-0.4, -0.2) is 18.5 Å². The molecule has 0 aliphatic carbocycles. The van der Waals surface area contributed by atoms with E-state index in [1.54, 1.807) is 14.2 Å². The van der Waals surface area contributed by atoms with E-state index in [4.69, 9.17) is 9.47 Å². The molecular weight excluding hydrogens is 256 g/mol. The molecule has 0 radical (unpaired) electrons. The first-order chi connectivity index (χ1) is 6.96. The summed E-state index contributed by atoms with van der Waals surface area (Å²) < 4.78 is 10.6. The lowest BCUT2D eigenvalue weighted by molar-refractivity contribution is 0.397. The number of hydrogen-bond acceptors (Lipinski definition) is 2. The number of methoxy groups -OCH3 is 2. The summed E-state index contributed by atoms with van der Waals surface area (Å²) in [6.07, 6.45) is 0.896. The molecule has 0 unspecified atom stereocenters. The second-order valence-electron chi connectivity index (χ2n) is 4.07. The maximum Gasteiger partial charge on any atom is 0.122 e. The summed E-state index contributed by atoms with van der Waals surface area (Å²) >= 11 is 3.63. The van der Waals surface area contributed by atoms with Gasteiger partial charge in [-0.3, -0.25) is 0 Å². The third-order valence-electron chi connectivity index (χ3n) is 2.10. The molecule has 0 aromatic heterocycles.